The van der Waals surface area contributed by atoms with Gasteiger partial charge in [0.05, 0.1) is 19.6 Å². The van der Waals surface area contributed by atoms with Crippen molar-refractivity contribution in [3.8, 4) is 11.5 Å². The van der Waals surface area contributed by atoms with E-state index in [2.05, 4.69) is 5.32 Å². The molecule has 1 amide bonds. The van der Waals surface area contributed by atoms with Crippen LogP contribution in [0.5, 0.6) is 11.5 Å². The molecule has 0 bridgehead atoms. The van der Waals surface area contributed by atoms with Crippen LogP contribution >= 0.6 is 0 Å². The zero-order chi connectivity index (χ0) is 15.0. The number of ether oxygens (including phenoxy) is 2. The van der Waals surface area contributed by atoms with Gasteiger partial charge in [0, 0.05) is 18.2 Å². The molecule has 0 aliphatic rings. The molecule has 0 saturated heterocycles. The summed E-state index contributed by atoms with van der Waals surface area (Å²) in [6.07, 6.45) is -0.256. The Kier molecular flexibility index (Phi) is 6.36. The Morgan fingerprint density at radius 3 is 2.35 bits per heavy atom. The molecular formula is C14H19NO5. The van der Waals surface area contributed by atoms with Gasteiger partial charge in [-0.2, -0.15) is 0 Å². The molecule has 0 fully saturated rings. The molecule has 6 heteroatoms. The third-order valence-electron chi connectivity index (χ3n) is 2.39. The van der Waals surface area contributed by atoms with Crippen molar-refractivity contribution in [1.29, 1.82) is 0 Å². The van der Waals surface area contributed by atoms with Crippen LogP contribution in [0.15, 0.2) is 18.2 Å². The lowest BCUT2D eigenvalue weighted by Gasteiger charge is -2.12. The van der Waals surface area contributed by atoms with Gasteiger partial charge in [-0.25, -0.2) is 0 Å². The van der Waals surface area contributed by atoms with E-state index < -0.39 is 5.97 Å². The molecule has 20 heavy (non-hydrogen) atoms. The van der Waals surface area contributed by atoms with Crippen molar-refractivity contribution in [2.75, 3.05) is 18.5 Å². The highest BCUT2D eigenvalue weighted by Crippen LogP contribution is 2.30. The second-order valence-electron chi connectivity index (χ2n) is 3.97. The van der Waals surface area contributed by atoms with Gasteiger partial charge in [-0.1, -0.05) is 0 Å². The smallest absolute Gasteiger partial charge is 0.303 e. The standard InChI is InChI=1S/C14H19NO5/c1-3-19-11-6-5-10(9-12(11)20-4-2)15-13(16)7-8-14(17)18/h5-6,9H,3-4,7-8H2,1-2H3,(H,15,16)(H,17,18). The van der Waals surface area contributed by atoms with E-state index in [4.69, 9.17) is 14.6 Å². The summed E-state index contributed by atoms with van der Waals surface area (Å²) in [4.78, 5) is 21.9. The van der Waals surface area contributed by atoms with Gasteiger partial charge in [0.1, 0.15) is 0 Å². The van der Waals surface area contributed by atoms with E-state index in [1.165, 1.54) is 0 Å². The number of amides is 1. The highest BCUT2D eigenvalue weighted by Gasteiger charge is 2.09. The first kappa shape index (κ1) is 15.8. The fourth-order valence-corrected chi connectivity index (χ4v) is 1.57. The zero-order valence-electron chi connectivity index (χ0n) is 11.6. The zero-order valence-corrected chi connectivity index (χ0v) is 11.6. The summed E-state index contributed by atoms with van der Waals surface area (Å²) in [5.74, 6) is -0.191. The second kappa shape index (κ2) is 8.04. The van der Waals surface area contributed by atoms with Gasteiger partial charge in [-0.15, -0.1) is 0 Å². The van der Waals surface area contributed by atoms with Crippen LogP contribution in [-0.4, -0.2) is 30.2 Å². The van der Waals surface area contributed by atoms with E-state index in [9.17, 15) is 9.59 Å². The minimum Gasteiger partial charge on any atom is -0.490 e. The Morgan fingerprint density at radius 2 is 1.75 bits per heavy atom. The van der Waals surface area contributed by atoms with Crippen LogP contribution in [0, 0.1) is 0 Å². The maximum Gasteiger partial charge on any atom is 0.303 e. The number of rotatable bonds is 8. The van der Waals surface area contributed by atoms with Crippen molar-refractivity contribution >= 4 is 17.6 Å². The summed E-state index contributed by atoms with van der Waals surface area (Å²) in [6, 6.07) is 5.06. The topological polar surface area (TPSA) is 84.9 Å². The molecule has 0 spiro atoms. The van der Waals surface area contributed by atoms with Crippen LogP contribution < -0.4 is 14.8 Å². The summed E-state index contributed by atoms with van der Waals surface area (Å²) in [5.41, 5.74) is 0.548. The lowest BCUT2D eigenvalue weighted by Crippen LogP contribution is -2.13. The Morgan fingerprint density at radius 1 is 1.10 bits per heavy atom. The number of hydrogen-bond donors (Lipinski definition) is 2. The van der Waals surface area contributed by atoms with Crippen LogP contribution in [0.1, 0.15) is 26.7 Å². The second-order valence-corrected chi connectivity index (χ2v) is 3.97. The van der Waals surface area contributed by atoms with Crippen molar-refractivity contribution in [1.82, 2.24) is 0 Å². The van der Waals surface area contributed by atoms with E-state index in [1.807, 2.05) is 13.8 Å². The first-order valence-electron chi connectivity index (χ1n) is 6.48. The van der Waals surface area contributed by atoms with Crippen molar-refractivity contribution < 1.29 is 24.2 Å². The molecule has 0 aromatic heterocycles. The highest BCUT2D eigenvalue weighted by atomic mass is 16.5. The molecule has 1 aromatic rings. The highest BCUT2D eigenvalue weighted by molar-refractivity contribution is 5.92. The van der Waals surface area contributed by atoms with E-state index in [0.717, 1.165) is 0 Å². The molecule has 1 rings (SSSR count). The Balaban J connectivity index is 2.73. The molecular weight excluding hydrogens is 262 g/mol. The first-order chi connectivity index (χ1) is 9.56. The number of hydrogen-bond acceptors (Lipinski definition) is 4. The van der Waals surface area contributed by atoms with Crippen molar-refractivity contribution in [2.45, 2.75) is 26.7 Å². The number of benzene rings is 1. The van der Waals surface area contributed by atoms with Gasteiger partial charge in [-0.3, -0.25) is 9.59 Å². The summed E-state index contributed by atoms with van der Waals surface area (Å²) in [7, 11) is 0. The average molecular weight is 281 g/mol. The predicted molar refractivity (Wildman–Crippen MR) is 74.3 cm³/mol. The number of nitrogens with one attached hydrogen (secondary N) is 1. The van der Waals surface area contributed by atoms with Crippen LogP contribution in [0.3, 0.4) is 0 Å². The molecule has 0 aliphatic carbocycles. The largest absolute Gasteiger partial charge is 0.490 e. The number of aliphatic carboxylic acids is 1. The lowest BCUT2D eigenvalue weighted by atomic mass is 10.2. The molecule has 0 atom stereocenters. The maximum atomic E-state index is 11.6. The molecule has 0 heterocycles. The molecule has 6 nitrogen and oxygen atoms in total. The number of carboxylic acid groups (broad SMARTS) is 1. The van der Waals surface area contributed by atoms with E-state index in [0.29, 0.717) is 30.4 Å². The normalized spacial score (nSPS) is 9.90. The molecule has 110 valence electrons. The van der Waals surface area contributed by atoms with Gasteiger partial charge in [0.2, 0.25) is 5.91 Å². The van der Waals surface area contributed by atoms with Crippen molar-refractivity contribution in [2.24, 2.45) is 0 Å². The van der Waals surface area contributed by atoms with Gasteiger partial charge in [0.25, 0.3) is 0 Å². The summed E-state index contributed by atoms with van der Waals surface area (Å²) in [6.45, 7) is 4.73. The molecule has 0 unspecified atom stereocenters. The summed E-state index contributed by atoms with van der Waals surface area (Å²) in [5, 5.41) is 11.1. The number of carbonyl (C=O) groups excluding carboxylic acids is 1. The molecule has 0 saturated carbocycles. The number of carboxylic acids is 1. The van der Waals surface area contributed by atoms with Crippen LogP contribution in [0.2, 0.25) is 0 Å². The third kappa shape index (κ3) is 5.17. The van der Waals surface area contributed by atoms with Crippen molar-refractivity contribution in [3.63, 3.8) is 0 Å². The van der Waals surface area contributed by atoms with Gasteiger partial charge < -0.3 is 19.9 Å². The Hall–Kier alpha value is -2.24. The van der Waals surface area contributed by atoms with Gasteiger partial charge in [0.15, 0.2) is 11.5 Å². The SMILES string of the molecule is CCOc1ccc(NC(=O)CCC(=O)O)cc1OCC. The quantitative estimate of drug-likeness (QED) is 0.763. The Labute approximate surface area is 117 Å². The maximum absolute atomic E-state index is 11.6. The fourth-order valence-electron chi connectivity index (χ4n) is 1.57. The third-order valence-corrected chi connectivity index (χ3v) is 2.39. The monoisotopic (exact) mass is 281 g/mol. The average Bonchev–Trinajstić information content (AvgIpc) is 2.40. The first-order valence-corrected chi connectivity index (χ1v) is 6.48. The van der Waals surface area contributed by atoms with E-state index >= 15 is 0 Å². The van der Waals surface area contributed by atoms with E-state index in [1.54, 1.807) is 18.2 Å². The fraction of sp³-hybridized carbons (Fsp3) is 0.429. The number of anilines is 1. The minimum absolute atomic E-state index is 0.0630. The lowest BCUT2D eigenvalue weighted by molar-refractivity contribution is -0.138. The molecule has 2 N–H and O–H groups in total. The number of carbonyl (C=O) groups is 2. The molecule has 1 aromatic carbocycles. The predicted octanol–water partition coefficient (Wildman–Crippen LogP) is 2.29. The summed E-state index contributed by atoms with van der Waals surface area (Å²) >= 11 is 0. The molecule has 0 radical (unpaired) electrons. The Bertz CT molecular complexity index is 473. The van der Waals surface area contributed by atoms with Gasteiger partial charge >= 0.3 is 5.97 Å². The van der Waals surface area contributed by atoms with Crippen LogP contribution in [-0.2, 0) is 9.59 Å². The van der Waals surface area contributed by atoms with Crippen molar-refractivity contribution in [3.05, 3.63) is 18.2 Å². The van der Waals surface area contributed by atoms with Crippen LogP contribution in [0.4, 0.5) is 5.69 Å². The van der Waals surface area contributed by atoms with E-state index in [-0.39, 0.29) is 18.7 Å². The van der Waals surface area contributed by atoms with Gasteiger partial charge in [-0.05, 0) is 26.0 Å². The summed E-state index contributed by atoms with van der Waals surface area (Å²) < 4.78 is 10.9. The van der Waals surface area contributed by atoms with Crippen LogP contribution in [0.25, 0.3) is 0 Å². The molecule has 0 aliphatic heterocycles. The minimum atomic E-state index is -0.998.